The Labute approximate surface area is 147 Å². The standard InChI is InChI=1S/C18H24N4O3/c1-14-13-17(20-25-14)21-9-11-22(12-10-21)18(23)19-8-7-15-5-3-4-6-16(15)24-2/h3-6,13H,7-12H2,1-2H3,(H,19,23). The third-order valence-corrected chi connectivity index (χ3v) is 4.37. The highest BCUT2D eigenvalue weighted by Crippen LogP contribution is 2.18. The van der Waals surface area contributed by atoms with Crippen molar-refractivity contribution in [3.63, 3.8) is 0 Å². The van der Waals surface area contributed by atoms with Gasteiger partial charge in [0.1, 0.15) is 11.5 Å². The van der Waals surface area contributed by atoms with Crippen LogP contribution in [0.3, 0.4) is 0 Å². The summed E-state index contributed by atoms with van der Waals surface area (Å²) in [5.74, 6) is 2.49. The highest BCUT2D eigenvalue weighted by Gasteiger charge is 2.22. The smallest absolute Gasteiger partial charge is 0.317 e. The Kier molecular flexibility index (Phi) is 5.42. The van der Waals surface area contributed by atoms with Crippen LogP contribution in [0.4, 0.5) is 10.6 Å². The van der Waals surface area contributed by atoms with Crippen LogP contribution in [-0.4, -0.2) is 55.9 Å². The van der Waals surface area contributed by atoms with Crippen molar-refractivity contribution in [2.45, 2.75) is 13.3 Å². The molecule has 1 aromatic heterocycles. The van der Waals surface area contributed by atoms with Crippen molar-refractivity contribution in [3.05, 3.63) is 41.7 Å². The molecule has 2 amide bonds. The number of urea groups is 1. The number of nitrogens with zero attached hydrogens (tertiary/aromatic N) is 3. The normalized spacial score (nSPS) is 14.5. The Hall–Kier alpha value is -2.70. The van der Waals surface area contributed by atoms with Crippen molar-refractivity contribution in [1.82, 2.24) is 15.4 Å². The lowest BCUT2D eigenvalue weighted by atomic mass is 10.1. The van der Waals surface area contributed by atoms with E-state index < -0.39 is 0 Å². The summed E-state index contributed by atoms with van der Waals surface area (Å²) in [4.78, 5) is 16.3. The van der Waals surface area contributed by atoms with Crippen molar-refractivity contribution < 1.29 is 14.1 Å². The Morgan fingerprint density at radius 2 is 2.04 bits per heavy atom. The monoisotopic (exact) mass is 344 g/mol. The lowest BCUT2D eigenvalue weighted by molar-refractivity contribution is 0.194. The van der Waals surface area contributed by atoms with Gasteiger partial charge in [0.15, 0.2) is 5.82 Å². The molecule has 0 radical (unpaired) electrons. The van der Waals surface area contributed by atoms with Gasteiger partial charge in [-0.25, -0.2) is 4.79 Å². The average Bonchev–Trinajstić information content (AvgIpc) is 3.08. The summed E-state index contributed by atoms with van der Waals surface area (Å²) in [5, 5.41) is 7.02. The zero-order valence-corrected chi connectivity index (χ0v) is 14.7. The first-order chi connectivity index (χ1) is 12.2. The second kappa shape index (κ2) is 7.92. The van der Waals surface area contributed by atoms with Crippen LogP contribution in [0.5, 0.6) is 5.75 Å². The molecule has 1 aromatic carbocycles. The zero-order chi connectivity index (χ0) is 17.6. The fraction of sp³-hybridized carbons (Fsp3) is 0.444. The van der Waals surface area contributed by atoms with E-state index in [1.54, 1.807) is 7.11 Å². The van der Waals surface area contributed by atoms with Crippen molar-refractivity contribution in [3.8, 4) is 5.75 Å². The summed E-state index contributed by atoms with van der Waals surface area (Å²) in [6.45, 7) is 5.32. The van der Waals surface area contributed by atoms with E-state index in [1.165, 1.54) is 0 Å². The molecule has 2 heterocycles. The molecule has 0 aliphatic carbocycles. The summed E-state index contributed by atoms with van der Waals surface area (Å²) < 4.78 is 10.4. The van der Waals surface area contributed by atoms with Crippen LogP contribution < -0.4 is 15.0 Å². The number of rotatable bonds is 5. The molecule has 1 aliphatic rings. The third kappa shape index (κ3) is 4.23. The van der Waals surface area contributed by atoms with E-state index in [1.807, 2.05) is 42.2 Å². The number of methoxy groups -OCH3 is 1. The predicted molar refractivity (Wildman–Crippen MR) is 95.1 cm³/mol. The molecule has 0 unspecified atom stereocenters. The minimum absolute atomic E-state index is 0.0223. The number of carbonyl (C=O) groups is 1. The van der Waals surface area contributed by atoms with Crippen LogP contribution in [0.25, 0.3) is 0 Å². The van der Waals surface area contributed by atoms with E-state index in [4.69, 9.17) is 9.26 Å². The molecule has 1 N–H and O–H groups in total. The second-order valence-electron chi connectivity index (χ2n) is 6.06. The van der Waals surface area contributed by atoms with Crippen LogP contribution in [0.1, 0.15) is 11.3 Å². The number of amides is 2. The lowest BCUT2D eigenvalue weighted by Crippen LogP contribution is -2.52. The third-order valence-electron chi connectivity index (χ3n) is 4.37. The quantitative estimate of drug-likeness (QED) is 0.899. The van der Waals surface area contributed by atoms with Crippen molar-refractivity contribution in [2.75, 3.05) is 44.7 Å². The Morgan fingerprint density at radius 1 is 1.28 bits per heavy atom. The van der Waals surface area contributed by atoms with E-state index in [9.17, 15) is 4.79 Å². The maximum atomic E-state index is 12.3. The highest BCUT2D eigenvalue weighted by atomic mass is 16.5. The van der Waals surface area contributed by atoms with Crippen LogP contribution in [0.15, 0.2) is 34.9 Å². The number of nitrogens with one attached hydrogen (secondary N) is 1. The number of ether oxygens (including phenoxy) is 1. The Bertz CT molecular complexity index is 708. The Morgan fingerprint density at radius 3 is 2.72 bits per heavy atom. The Balaban J connectivity index is 1.43. The fourth-order valence-electron chi connectivity index (χ4n) is 2.97. The average molecular weight is 344 g/mol. The van der Waals surface area contributed by atoms with Gasteiger partial charge in [-0.2, -0.15) is 0 Å². The largest absolute Gasteiger partial charge is 0.496 e. The van der Waals surface area contributed by atoms with Crippen LogP contribution >= 0.6 is 0 Å². The highest BCUT2D eigenvalue weighted by molar-refractivity contribution is 5.74. The number of hydrogen-bond acceptors (Lipinski definition) is 5. The van der Waals surface area contributed by atoms with Gasteiger partial charge in [-0.05, 0) is 25.0 Å². The minimum Gasteiger partial charge on any atom is -0.496 e. The summed E-state index contributed by atoms with van der Waals surface area (Å²) in [5.41, 5.74) is 1.09. The molecule has 7 nitrogen and oxygen atoms in total. The molecule has 0 saturated carbocycles. The van der Waals surface area contributed by atoms with E-state index in [2.05, 4.69) is 15.4 Å². The maximum absolute atomic E-state index is 12.3. The summed E-state index contributed by atoms with van der Waals surface area (Å²) in [6.07, 6.45) is 0.744. The fourth-order valence-corrected chi connectivity index (χ4v) is 2.97. The predicted octanol–water partition coefficient (Wildman–Crippen LogP) is 2.07. The van der Waals surface area contributed by atoms with Gasteiger partial charge < -0.3 is 24.4 Å². The van der Waals surface area contributed by atoms with Gasteiger partial charge in [0.25, 0.3) is 0 Å². The number of aromatic nitrogens is 1. The molecule has 1 fully saturated rings. The van der Waals surface area contributed by atoms with Gasteiger partial charge in [-0.15, -0.1) is 0 Å². The molecule has 2 aromatic rings. The first kappa shape index (κ1) is 17.1. The van der Waals surface area contributed by atoms with Crippen molar-refractivity contribution in [1.29, 1.82) is 0 Å². The zero-order valence-electron chi connectivity index (χ0n) is 14.7. The van der Waals surface area contributed by atoms with E-state index in [-0.39, 0.29) is 6.03 Å². The molecule has 1 aliphatic heterocycles. The number of hydrogen-bond donors (Lipinski definition) is 1. The first-order valence-corrected chi connectivity index (χ1v) is 8.50. The van der Waals surface area contributed by atoms with Crippen LogP contribution in [0.2, 0.25) is 0 Å². The second-order valence-corrected chi connectivity index (χ2v) is 6.06. The van der Waals surface area contributed by atoms with Gasteiger partial charge in [-0.3, -0.25) is 0 Å². The van der Waals surface area contributed by atoms with E-state index in [0.717, 1.165) is 42.4 Å². The van der Waals surface area contributed by atoms with Gasteiger partial charge in [0, 0.05) is 38.8 Å². The molecule has 0 atom stereocenters. The van der Waals surface area contributed by atoms with Crippen LogP contribution in [0, 0.1) is 6.92 Å². The number of para-hydroxylation sites is 1. The summed E-state index contributed by atoms with van der Waals surface area (Å²) in [7, 11) is 1.66. The van der Waals surface area contributed by atoms with Gasteiger partial charge >= 0.3 is 6.03 Å². The molecule has 1 saturated heterocycles. The number of piperazine rings is 1. The number of carbonyl (C=O) groups excluding carboxylic acids is 1. The molecule has 25 heavy (non-hydrogen) atoms. The van der Waals surface area contributed by atoms with Crippen LogP contribution in [-0.2, 0) is 6.42 Å². The maximum Gasteiger partial charge on any atom is 0.317 e. The summed E-state index contributed by atoms with van der Waals surface area (Å²) in [6, 6.07) is 9.77. The molecule has 7 heteroatoms. The lowest BCUT2D eigenvalue weighted by Gasteiger charge is -2.34. The topological polar surface area (TPSA) is 70.8 Å². The number of anilines is 1. The molecule has 0 spiro atoms. The number of aryl methyl sites for hydroxylation is 1. The molecule has 0 bridgehead atoms. The number of benzene rings is 1. The van der Waals surface area contributed by atoms with Crippen molar-refractivity contribution in [2.24, 2.45) is 0 Å². The minimum atomic E-state index is -0.0223. The van der Waals surface area contributed by atoms with Crippen molar-refractivity contribution >= 4 is 11.8 Å². The SMILES string of the molecule is COc1ccccc1CCNC(=O)N1CCN(c2cc(C)on2)CC1. The summed E-state index contributed by atoms with van der Waals surface area (Å²) >= 11 is 0. The van der Waals surface area contributed by atoms with Gasteiger partial charge in [0.05, 0.1) is 7.11 Å². The van der Waals surface area contributed by atoms with Gasteiger partial charge in [-0.1, -0.05) is 23.4 Å². The molecular weight excluding hydrogens is 320 g/mol. The van der Waals surface area contributed by atoms with E-state index in [0.29, 0.717) is 19.6 Å². The molecule has 3 rings (SSSR count). The van der Waals surface area contributed by atoms with E-state index >= 15 is 0 Å². The molecular formula is C18H24N4O3. The molecule has 134 valence electrons. The van der Waals surface area contributed by atoms with Gasteiger partial charge in [0.2, 0.25) is 0 Å². The first-order valence-electron chi connectivity index (χ1n) is 8.50.